The summed E-state index contributed by atoms with van der Waals surface area (Å²) in [6, 6.07) is 0. The highest BCUT2D eigenvalue weighted by Gasteiger charge is 2.52. The summed E-state index contributed by atoms with van der Waals surface area (Å²) in [7, 11) is 0. The molecule has 0 amide bonds. The smallest absolute Gasteiger partial charge is 0.308 e. The lowest BCUT2D eigenvalue weighted by atomic mass is 9.83. The summed E-state index contributed by atoms with van der Waals surface area (Å²) < 4.78 is 0. The number of hydrogen-bond donors (Lipinski definition) is 2. The van der Waals surface area contributed by atoms with Gasteiger partial charge in [-0.3, -0.25) is 4.79 Å². The molecule has 62 valence electrons. The van der Waals surface area contributed by atoms with Gasteiger partial charge < -0.3 is 10.8 Å². The molecule has 0 aliphatic heterocycles. The van der Waals surface area contributed by atoms with Crippen LogP contribution in [0, 0.1) is 11.8 Å². The molecule has 2 rings (SSSR count). The van der Waals surface area contributed by atoms with Gasteiger partial charge in [-0.2, -0.15) is 0 Å². The van der Waals surface area contributed by atoms with Gasteiger partial charge in [0, 0.05) is 5.54 Å². The molecule has 3 N–H and O–H groups in total. The van der Waals surface area contributed by atoms with E-state index in [2.05, 4.69) is 0 Å². The van der Waals surface area contributed by atoms with Gasteiger partial charge in [0.15, 0.2) is 0 Å². The maximum atomic E-state index is 10.7. The Balaban J connectivity index is 2.21. The Kier molecular flexibility index (Phi) is 1.27. The predicted octanol–water partition coefficient (Wildman–Crippen LogP) is 0.588. The lowest BCUT2D eigenvalue weighted by Gasteiger charge is -2.27. The molecule has 0 saturated heterocycles. The summed E-state index contributed by atoms with van der Waals surface area (Å²) in [5, 5.41) is 8.82. The van der Waals surface area contributed by atoms with Gasteiger partial charge >= 0.3 is 5.97 Å². The third-order valence-electron chi connectivity index (χ3n) is 3.25. The van der Waals surface area contributed by atoms with E-state index in [1.54, 1.807) is 0 Å². The van der Waals surface area contributed by atoms with E-state index in [-0.39, 0.29) is 11.5 Å². The van der Waals surface area contributed by atoms with Crippen LogP contribution in [0.25, 0.3) is 0 Å². The summed E-state index contributed by atoms with van der Waals surface area (Å²) in [5.74, 6) is -0.364. The molecular formula is C8H13NO2. The molecule has 2 fully saturated rings. The number of carboxylic acid groups (broad SMARTS) is 1. The summed E-state index contributed by atoms with van der Waals surface area (Å²) in [6.45, 7) is 0. The maximum Gasteiger partial charge on any atom is 0.308 e. The van der Waals surface area contributed by atoms with E-state index < -0.39 is 5.97 Å². The fourth-order valence-corrected chi connectivity index (χ4v) is 2.65. The second-order valence-electron chi connectivity index (χ2n) is 3.97. The van der Waals surface area contributed by atoms with E-state index in [1.807, 2.05) is 0 Å². The Morgan fingerprint density at radius 3 is 2.64 bits per heavy atom. The van der Waals surface area contributed by atoms with Gasteiger partial charge in [-0.25, -0.2) is 0 Å². The highest BCUT2D eigenvalue weighted by Crippen LogP contribution is 2.49. The molecule has 11 heavy (non-hydrogen) atoms. The summed E-state index contributed by atoms with van der Waals surface area (Å²) in [5.41, 5.74) is 5.61. The molecule has 2 aliphatic carbocycles. The molecule has 0 aromatic carbocycles. The van der Waals surface area contributed by atoms with Crippen molar-refractivity contribution in [3.8, 4) is 0 Å². The van der Waals surface area contributed by atoms with Crippen molar-refractivity contribution in [1.82, 2.24) is 0 Å². The van der Waals surface area contributed by atoms with E-state index in [4.69, 9.17) is 10.8 Å². The van der Waals surface area contributed by atoms with E-state index in [1.165, 1.54) is 0 Å². The van der Waals surface area contributed by atoms with Crippen molar-refractivity contribution < 1.29 is 9.90 Å². The van der Waals surface area contributed by atoms with Crippen LogP contribution >= 0.6 is 0 Å². The monoisotopic (exact) mass is 155 g/mol. The van der Waals surface area contributed by atoms with Crippen LogP contribution in [0.2, 0.25) is 0 Å². The van der Waals surface area contributed by atoms with Crippen molar-refractivity contribution in [2.45, 2.75) is 31.2 Å². The molecule has 0 spiro atoms. The van der Waals surface area contributed by atoms with Crippen molar-refractivity contribution in [2.75, 3.05) is 0 Å². The number of hydrogen-bond acceptors (Lipinski definition) is 2. The number of nitrogens with two attached hydrogens (primary N) is 1. The van der Waals surface area contributed by atoms with Crippen LogP contribution in [-0.4, -0.2) is 16.6 Å². The quantitative estimate of drug-likeness (QED) is 0.582. The van der Waals surface area contributed by atoms with Crippen molar-refractivity contribution in [3.05, 3.63) is 0 Å². The van der Waals surface area contributed by atoms with Crippen LogP contribution in [0.1, 0.15) is 25.7 Å². The SMILES string of the molecule is N[C@@]12CC[C@@H](C[C@H]1C(=O)O)C2. The second kappa shape index (κ2) is 1.97. The summed E-state index contributed by atoms with van der Waals surface area (Å²) >= 11 is 0. The Labute approximate surface area is 65.6 Å². The third kappa shape index (κ3) is 0.872. The Morgan fingerprint density at radius 2 is 2.36 bits per heavy atom. The molecule has 0 radical (unpaired) electrons. The van der Waals surface area contributed by atoms with E-state index in [0.29, 0.717) is 5.92 Å². The van der Waals surface area contributed by atoms with Gasteiger partial charge in [0.2, 0.25) is 0 Å². The van der Waals surface area contributed by atoms with E-state index >= 15 is 0 Å². The minimum Gasteiger partial charge on any atom is -0.481 e. The zero-order valence-electron chi connectivity index (χ0n) is 6.42. The molecule has 0 heterocycles. The number of rotatable bonds is 1. The van der Waals surface area contributed by atoms with Crippen LogP contribution in [-0.2, 0) is 4.79 Å². The lowest BCUT2D eigenvalue weighted by Crippen LogP contribution is -2.45. The number of aliphatic carboxylic acids is 1. The highest BCUT2D eigenvalue weighted by molar-refractivity contribution is 5.72. The predicted molar refractivity (Wildman–Crippen MR) is 40.0 cm³/mol. The van der Waals surface area contributed by atoms with Crippen LogP contribution in [0.4, 0.5) is 0 Å². The average molecular weight is 155 g/mol. The molecule has 0 aromatic heterocycles. The van der Waals surface area contributed by atoms with Gasteiger partial charge in [-0.05, 0) is 31.6 Å². The summed E-state index contributed by atoms with van der Waals surface area (Å²) in [6.07, 6.45) is 3.80. The van der Waals surface area contributed by atoms with Crippen LogP contribution in [0.5, 0.6) is 0 Å². The second-order valence-corrected chi connectivity index (χ2v) is 3.97. The first-order chi connectivity index (χ1) is 5.12. The number of carboxylic acids is 1. The van der Waals surface area contributed by atoms with Crippen LogP contribution in [0.3, 0.4) is 0 Å². The zero-order chi connectivity index (χ0) is 8.06. The molecule has 3 heteroatoms. The first-order valence-corrected chi connectivity index (χ1v) is 4.13. The minimum atomic E-state index is -0.699. The largest absolute Gasteiger partial charge is 0.481 e. The Hall–Kier alpha value is -0.570. The molecule has 2 bridgehead atoms. The van der Waals surface area contributed by atoms with Crippen molar-refractivity contribution in [3.63, 3.8) is 0 Å². The summed E-state index contributed by atoms with van der Waals surface area (Å²) in [4.78, 5) is 10.7. The standard InChI is InChI=1S/C8H13NO2/c9-8-2-1-5(4-8)3-6(8)7(10)11/h5-6H,1-4,9H2,(H,10,11)/t5-,6-,8+/m0/s1. The fraction of sp³-hybridized carbons (Fsp3) is 0.875. The maximum absolute atomic E-state index is 10.7. The molecule has 3 nitrogen and oxygen atoms in total. The van der Waals surface area contributed by atoms with Gasteiger partial charge in [-0.15, -0.1) is 0 Å². The third-order valence-corrected chi connectivity index (χ3v) is 3.25. The minimum absolute atomic E-state index is 0.263. The zero-order valence-corrected chi connectivity index (χ0v) is 6.42. The normalized spacial score (nSPS) is 48.1. The molecule has 0 aromatic rings. The Morgan fingerprint density at radius 1 is 1.64 bits per heavy atom. The first kappa shape index (κ1) is 7.10. The van der Waals surface area contributed by atoms with E-state index in [0.717, 1.165) is 25.7 Å². The molecule has 2 saturated carbocycles. The first-order valence-electron chi connectivity index (χ1n) is 4.13. The van der Waals surface area contributed by atoms with Crippen molar-refractivity contribution in [1.29, 1.82) is 0 Å². The molecule has 2 aliphatic rings. The molecule has 0 unspecified atom stereocenters. The van der Waals surface area contributed by atoms with E-state index in [9.17, 15) is 4.79 Å². The van der Waals surface area contributed by atoms with Gasteiger partial charge in [-0.1, -0.05) is 0 Å². The Bertz CT molecular complexity index is 204. The average Bonchev–Trinajstić information content (AvgIpc) is 2.41. The van der Waals surface area contributed by atoms with Crippen LogP contribution in [0.15, 0.2) is 0 Å². The fourth-order valence-electron chi connectivity index (χ4n) is 2.65. The van der Waals surface area contributed by atoms with Gasteiger partial charge in [0.25, 0.3) is 0 Å². The van der Waals surface area contributed by atoms with Crippen molar-refractivity contribution >= 4 is 5.97 Å². The number of fused-ring (bicyclic) bond motifs is 2. The molecular weight excluding hydrogens is 142 g/mol. The highest BCUT2D eigenvalue weighted by atomic mass is 16.4. The van der Waals surface area contributed by atoms with Gasteiger partial charge in [0.05, 0.1) is 5.92 Å². The van der Waals surface area contributed by atoms with Crippen LogP contribution < -0.4 is 5.73 Å². The van der Waals surface area contributed by atoms with Crippen molar-refractivity contribution in [2.24, 2.45) is 17.6 Å². The lowest BCUT2D eigenvalue weighted by molar-refractivity contribution is -0.143. The molecule has 3 atom stereocenters. The van der Waals surface area contributed by atoms with Gasteiger partial charge in [0.1, 0.15) is 0 Å². The number of carbonyl (C=O) groups is 1. The topological polar surface area (TPSA) is 63.3 Å².